The fourth-order valence-electron chi connectivity index (χ4n) is 1.95. The summed E-state index contributed by atoms with van der Waals surface area (Å²) < 4.78 is 0. The Kier molecular flexibility index (Phi) is 2.61. The molecule has 0 saturated heterocycles. The van der Waals surface area contributed by atoms with Gasteiger partial charge >= 0.3 is 0 Å². The first-order valence-corrected chi connectivity index (χ1v) is 5.84. The van der Waals surface area contributed by atoms with E-state index in [-0.39, 0.29) is 0 Å². The van der Waals surface area contributed by atoms with Crippen LogP contribution in [0.1, 0.15) is 5.56 Å². The summed E-state index contributed by atoms with van der Waals surface area (Å²) in [6.07, 6.45) is 0. The Morgan fingerprint density at radius 2 is 1.94 bits per heavy atom. The molecule has 4 heteroatoms. The fourth-order valence-corrected chi connectivity index (χ4v) is 1.95. The van der Waals surface area contributed by atoms with Crippen LogP contribution in [-0.4, -0.2) is 10.2 Å². The molecule has 0 radical (unpaired) electrons. The number of nitrogens with one attached hydrogen (secondary N) is 2. The van der Waals surface area contributed by atoms with E-state index in [1.807, 2.05) is 36.4 Å². The summed E-state index contributed by atoms with van der Waals surface area (Å²) >= 11 is 0. The lowest BCUT2D eigenvalue weighted by Crippen LogP contribution is -1.99. The summed E-state index contributed by atoms with van der Waals surface area (Å²) in [4.78, 5) is 0. The summed E-state index contributed by atoms with van der Waals surface area (Å²) in [6.45, 7) is 0.746. The van der Waals surface area contributed by atoms with Gasteiger partial charge in [-0.05, 0) is 23.8 Å². The highest BCUT2D eigenvalue weighted by Gasteiger charge is 2.05. The second-order valence-electron chi connectivity index (χ2n) is 4.22. The summed E-state index contributed by atoms with van der Waals surface area (Å²) in [7, 11) is 0. The zero-order chi connectivity index (χ0) is 12.4. The summed E-state index contributed by atoms with van der Waals surface area (Å²) in [6, 6.07) is 15.9. The van der Waals surface area contributed by atoms with Gasteiger partial charge in [0.2, 0.25) is 0 Å². The van der Waals surface area contributed by atoms with Gasteiger partial charge in [-0.25, -0.2) is 0 Å². The van der Waals surface area contributed by atoms with Gasteiger partial charge in [-0.3, -0.25) is 5.10 Å². The topological polar surface area (TPSA) is 66.7 Å². The molecule has 0 amide bonds. The Balaban J connectivity index is 1.85. The molecule has 1 heterocycles. The Morgan fingerprint density at radius 1 is 1.11 bits per heavy atom. The van der Waals surface area contributed by atoms with Crippen molar-refractivity contribution in [3.8, 4) is 0 Å². The molecule has 4 N–H and O–H groups in total. The number of fused-ring (bicyclic) bond motifs is 1. The number of aromatic amines is 1. The first-order chi connectivity index (χ1) is 8.83. The van der Waals surface area contributed by atoms with Gasteiger partial charge < -0.3 is 11.1 Å². The van der Waals surface area contributed by atoms with E-state index in [0.29, 0.717) is 0 Å². The molecule has 0 aliphatic rings. The number of anilines is 2. The van der Waals surface area contributed by atoms with E-state index in [1.54, 1.807) is 0 Å². The van der Waals surface area contributed by atoms with Crippen molar-refractivity contribution in [2.75, 3.05) is 11.1 Å². The highest BCUT2D eigenvalue weighted by Crippen LogP contribution is 2.23. The SMILES string of the molecule is Nc1ccc2[nH]nc(NCc3ccccc3)c2c1. The van der Waals surface area contributed by atoms with E-state index in [0.717, 1.165) is 29.0 Å². The number of hydrogen-bond donors (Lipinski definition) is 3. The molecule has 90 valence electrons. The van der Waals surface area contributed by atoms with E-state index < -0.39 is 0 Å². The van der Waals surface area contributed by atoms with Gasteiger partial charge in [0, 0.05) is 17.6 Å². The van der Waals surface area contributed by atoms with Crippen LogP contribution in [-0.2, 0) is 6.54 Å². The normalized spacial score (nSPS) is 10.7. The molecular weight excluding hydrogens is 224 g/mol. The van der Waals surface area contributed by atoms with E-state index in [9.17, 15) is 0 Å². The molecule has 0 bridgehead atoms. The predicted octanol–water partition coefficient (Wildman–Crippen LogP) is 2.76. The van der Waals surface area contributed by atoms with Crippen LogP contribution in [0.3, 0.4) is 0 Å². The number of H-pyrrole nitrogens is 1. The summed E-state index contributed by atoms with van der Waals surface area (Å²) in [5.74, 6) is 0.834. The average Bonchev–Trinajstić information content (AvgIpc) is 2.80. The molecule has 0 aliphatic carbocycles. The number of rotatable bonds is 3. The minimum absolute atomic E-state index is 0.742. The van der Waals surface area contributed by atoms with Gasteiger partial charge in [0.1, 0.15) is 0 Å². The maximum Gasteiger partial charge on any atom is 0.156 e. The Labute approximate surface area is 105 Å². The van der Waals surface area contributed by atoms with Gasteiger partial charge in [0.25, 0.3) is 0 Å². The van der Waals surface area contributed by atoms with Crippen molar-refractivity contribution in [3.05, 3.63) is 54.1 Å². The van der Waals surface area contributed by atoms with Crippen LogP contribution < -0.4 is 11.1 Å². The van der Waals surface area contributed by atoms with Crippen molar-refractivity contribution in [2.45, 2.75) is 6.54 Å². The standard InChI is InChI=1S/C14H14N4/c15-11-6-7-13-12(8-11)14(18-17-13)16-9-10-4-2-1-3-5-10/h1-8H,9,15H2,(H2,16,17,18). The van der Waals surface area contributed by atoms with Gasteiger partial charge in [0.05, 0.1) is 5.52 Å². The number of nitrogens with two attached hydrogens (primary N) is 1. The molecular formula is C14H14N4. The first-order valence-electron chi connectivity index (χ1n) is 5.84. The molecule has 0 aliphatic heterocycles. The van der Waals surface area contributed by atoms with Crippen molar-refractivity contribution in [2.24, 2.45) is 0 Å². The maximum atomic E-state index is 5.79. The lowest BCUT2D eigenvalue weighted by Gasteiger charge is -2.03. The number of hydrogen-bond acceptors (Lipinski definition) is 3. The number of aromatic nitrogens is 2. The van der Waals surface area contributed by atoms with E-state index in [2.05, 4.69) is 27.6 Å². The van der Waals surface area contributed by atoms with Crippen LogP contribution in [0.25, 0.3) is 10.9 Å². The first kappa shape index (κ1) is 10.7. The number of nitrogen functional groups attached to an aromatic ring is 1. The monoisotopic (exact) mass is 238 g/mol. The summed E-state index contributed by atoms with van der Waals surface area (Å²) in [5.41, 5.74) is 8.74. The highest BCUT2D eigenvalue weighted by atomic mass is 15.2. The van der Waals surface area contributed by atoms with Crippen LogP contribution in [0.2, 0.25) is 0 Å². The highest BCUT2D eigenvalue weighted by molar-refractivity contribution is 5.91. The average molecular weight is 238 g/mol. The second kappa shape index (κ2) is 4.41. The van der Waals surface area contributed by atoms with Gasteiger partial charge in [-0.1, -0.05) is 30.3 Å². The van der Waals surface area contributed by atoms with Crippen molar-refractivity contribution in [1.29, 1.82) is 0 Å². The number of benzene rings is 2. The number of nitrogens with zero attached hydrogens (tertiary/aromatic N) is 1. The molecule has 0 fully saturated rings. The van der Waals surface area contributed by atoms with Crippen LogP contribution in [0.4, 0.5) is 11.5 Å². The molecule has 4 nitrogen and oxygen atoms in total. The zero-order valence-electron chi connectivity index (χ0n) is 9.85. The predicted molar refractivity (Wildman–Crippen MR) is 74.3 cm³/mol. The zero-order valence-corrected chi connectivity index (χ0v) is 9.85. The van der Waals surface area contributed by atoms with Crippen molar-refractivity contribution in [1.82, 2.24) is 10.2 Å². The third-order valence-corrected chi connectivity index (χ3v) is 2.89. The third-order valence-electron chi connectivity index (χ3n) is 2.89. The quantitative estimate of drug-likeness (QED) is 0.615. The molecule has 1 aromatic heterocycles. The molecule has 3 aromatic rings. The third kappa shape index (κ3) is 2.00. The van der Waals surface area contributed by atoms with Crippen molar-refractivity contribution < 1.29 is 0 Å². The fraction of sp³-hybridized carbons (Fsp3) is 0.0714. The van der Waals surface area contributed by atoms with E-state index in [1.165, 1.54) is 5.56 Å². The smallest absolute Gasteiger partial charge is 0.156 e. The molecule has 0 unspecified atom stereocenters. The minimum atomic E-state index is 0.742. The summed E-state index contributed by atoms with van der Waals surface area (Å²) in [5, 5.41) is 11.6. The molecule has 2 aromatic carbocycles. The van der Waals surface area contributed by atoms with Crippen LogP contribution in [0.5, 0.6) is 0 Å². The van der Waals surface area contributed by atoms with Crippen molar-refractivity contribution in [3.63, 3.8) is 0 Å². The van der Waals surface area contributed by atoms with Crippen LogP contribution >= 0.6 is 0 Å². The van der Waals surface area contributed by atoms with Gasteiger partial charge in [-0.15, -0.1) is 0 Å². The lowest BCUT2D eigenvalue weighted by molar-refractivity contribution is 1.06. The van der Waals surface area contributed by atoms with Crippen LogP contribution in [0.15, 0.2) is 48.5 Å². The minimum Gasteiger partial charge on any atom is -0.399 e. The molecule has 3 rings (SSSR count). The van der Waals surface area contributed by atoms with Crippen LogP contribution in [0, 0.1) is 0 Å². The largest absolute Gasteiger partial charge is 0.399 e. The van der Waals surface area contributed by atoms with E-state index >= 15 is 0 Å². The Hall–Kier alpha value is -2.49. The molecule has 18 heavy (non-hydrogen) atoms. The van der Waals surface area contributed by atoms with Crippen molar-refractivity contribution >= 4 is 22.4 Å². The lowest BCUT2D eigenvalue weighted by atomic mass is 10.2. The second-order valence-corrected chi connectivity index (χ2v) is 4.22. The molecule has 0 saturated carbocycles. The van der Waals surface area contributed by atoms with Gasteiger partial charge in [-0.2, -0.15) is 5.10 Å². The maximum absolute atomic E-state index is 5.79. The Morgan fingerprint density at radius 3 is 2.78 bits per heavy atom. The molecule has 0 atom stereocenters. The molecule has 0 spiro atoms. The van der Waals surface area contributed by atoms with Gasteiger partial charge in [0.15, 0.2) is 5.82 Å². The Bertz CT molecular complexity index is 658. The van der Waals surface area contributed by atoms with E-state index in [4.69, 9.17) is 5.73 Å².